The van der Waals surface area contributed by atoms with Crippen LogP contribution in [-0.4, -0.2) is 28.8 Å². The fraction of sp³-hybridized carbons (Fsp3) is 0.250. The molecule has 36 heavy (non-hydrogen) atoms. The number of ether oxygens (including phenoxy) is 3. The van der Waals surface area contributed by atoms with Crippen molar-refractivity contribution < 1.29 is 14.2 Å². The van der Waals surface area contributed by atoms with Crippen molar-refractivity contribution in [3.05, 3.63) is 106 Å². The van der Waals surface area contributed by atoms with Crippen LogP contribution in [0.4, 0.5) is 0 Å². The molecule has 1 aliphatic heterocycles. The molecule has 0 N–H and O–H groups in total. The van der Waals surface area contributed by atoms with Crippen LogP contribution in [0.15, 0.2) is 78.9 Å². The van der Waals surface area contributed by atoms with E-state index in [0.717, 1.165) is 11.1 Å². The average molecular weight is 520 g/mol. The molecule has 0 spiro atoms. The van der Waals surface area contributed by atoms with Crippen LogP contribution < -0.4 is 0 Å². The molecule has 6 nitrogen and oxygen atoms in total. The van der Waals surface area contributed by atoms with E-state index in [1.54, 1.807) is 18.2 Å². The highest BCUT2D eigenvalue weighted by atomic mass is 35.5. The molecule has 5 rings (SSSR count). The van der Waals surface area contributed by atoms with Crippen molar-refractivity contribution in [2.75, 3.05) is 6.61 Å². The number of fused-ring (bicyclic) bond motifs is 1. The van der Waals surface area contributed by atoms with E-state index >= 15 is 0 Å². The number of nitriles is 1. The molecular weight excluding hydrogens is 497 g/mol. The average Bonchev–Trinajstić information content (AvgIpc) is 3.27. The minimum atomic E-state index is -1.35. The highest BCUT2D eigenvalue weighted by molar-refractivity contribution is 6.35. The molecule has 8 heteroatoms. The number of halogens is 2. The van der Waals surface area contributed by atoms with Gasteiger partial charge in [0.1, 0.15) is 17.3 Å². The first kappa shape index (κ1) is 24.6. The smallest absolute Gasteiger partial charge is 0.224 e. The van der Waals surface area contributed by atoms with Crippen molar-refractivity contribution >= 4 is 34.1 Å². The largest absolute Gasteiger partial charge is 0.374 e. The number of rotatable bonds is 8. The maximum atomic E-state index is 10.5. The quantitative estimate of drug-likeness (QED) is 0.202. The maximum absolute atomic E-state index is 10.5. The fourth-order valence-electron chi connectivity index (χ4n) is 4.44. The Labute approximate surface area is 219 Å². The number of nitrogens with zero attached hydrogens (tertiary/aromatic N) is 3. The third-order valence-corrected chi connectivity index (χ3v) is 6.67. The molecule has 0 bridgehead atoms. The van der Waals surface area contributed by atoms with Gasteiger partial charge in [-0.15, -0.1) is 0 Å². The van der Waals surface area contributed by atoms with E-state index in [1.165, 1.54) is 0 Å². The van der Waals surface area contributed by atoms with E-state index in [1.807, 2.05) is 60.7 Å². The summed E-state index contributed by atoms with van der Waals surface area (Å²) in [6, 6.07) is 27.5. The maximum Gasteiger partial charge on any atom is 0.224 e. The lowest BCUT2D eigenvalue weighted by Gasteiger charge is -2.28. The Hall–Kier alpha value is -3.05. The Morgan fingerprint density at radius 2 is 1.64 bits per heavy atom. The summed E-state index contributed by atoms with van der Waals surface area (Å²) in [6.07, 6.45) is -0.362. The zero-order valence-corrected chi connectivity index (χ0v) is 20.8. The van der Waals surface area contributed by atoms with Crippen LogP contribution in [0.3, 0.4) is 0 Å². The second-order valence-corrected chi connectivity index (χ2v) is 9.32. The van der Waals surface area contributed by atoms with Gasteiger partial charge in [0, 0.05) is 17.4 Å². The van der Waals surface area contributed by atoms with Gasteiger partial charge in [0.25, 0.3) is 0 Å². The van der Waals surface area contributed by atoms with Crippen LogP contribution in [0, 0.1) is 11.3 Å². The summed E-state index contributed by atoms with van der Waals surface area (Å²) < 4.78 is 18.7. The predicted molar refractivity (Wildman–Crippen MR) is 137 cm³/mol. The summed E-state index contributed by atoms with van der Waals surface area (Å²) in [6.45, 7) is 1.14. The zero-order chi connectivity index (χ0) is 25.0. The number of hydrogen-bond donors (Lipinski definition) is 0. The summed E-state index contributed by atoms with van der Waals surface area (Å²) in [5.41, 5.74) is 1.88. The summed E-state index contributed by atoms with van der Waals surface area (Å²) in [5, 5.41) is 11.4. The van der Waals surface area contributed by atoms with E-state index in [-0.39, 0.29) is 16.5 Å². The monoisotopic (exact) mass is 519 g/mol. The molecule has 1 fully saturated rings. The van der Waals surface area contributed by atoms with E-state index in [2.05, 4.69) is 16.0 Å². The second-order valence-electron chi connectivity index (χ2n) is 8.62. The third-order valence-electron chi connectivity index (χ3n) is 6.21. The number of hydrogen-bond acceptors (Lipinski definition) is 6. The van der Waals surface area contributed by atoms with E-state index < -0.39 is 11.7 Å². The van der Waals surface area contributed by atoms with Crippen molar-refractivity contribution in [2.45, 2.75) is 37.4 Å². The molecule has 182 valence electrons. The molecule has 3 atom stereocenters. The Kier molecular flexibility index (Phi) is 7.47. The third kappa shape index (κ3) is 5.22. The Morgan fingerprint density at radius 3 is 2.33 bits per heavy atom. The summed E-state index contributed by atoms with van der Waals surface area (Å²) in [7, 11) is 0. The lowest BCUT2D eigenvalue weighted by Crippen LogP contribution is -2.37. The van der Waals surface area contributed by atoms with Crippen LogP contribution in [0.2, 0.25) is 10.4 Å². The minimum absolute atomic E-state index is 0.0343. The standard InChI is InChI=1S/C28H23Cl2N3O3/c29-26-23-12-11-21(13-24(23)32-27(30)33-26)28(18-31)25(35-16-20-9-5-2-6-10-20)14-22(36-28)17-34-15-19-7-3-1-4-8-19/h1-13,22,25H,14-17H2. The molecule has 4 aromatic rings. The molecule has 1 aliphatic rings. The van der Waals surface area contributed by atoms with Gasteiger partial charge in [0.05, 0.1) is 31.4 Å². The minimum Gasteiger partial charge on any atom is -0.374 e. The van der Waals surface area contributed by atoms with Gasteiger partial charge in [-0.3, -0.25) is 0 Å². The van der Waals surface area contributed by atoms with Gasteiger partial charge < -0.3 is 14.2 Å². The first-order chi connectivity index (χ1) is 17.6. The Morgan fingerprint density at radius 1 is 0.944 bits per heavy atom. The van der Waals surface area contributed by atoms with Gasteiger partial charge in [-0.2, -0.15) is 5.26 Å². The normalized spacial score (nSPS) is 21.5. The van der Waals surface area contributed by atoms with E-state index in [9.17, 15) is 5.26 Å². The summed E-state index contributed by atoms with van der Waals surface area (Å²) in [5.74, 6) is 0. The summed E-state index contributed by atoms with van der Waals surface area (Å²) in [4.78, 5) is 8.29. The van der Waals surface area contributed by atoms with Gasteiger partial charge in [0.2, 0.25) is 10.9 Å². The lowest BCUT2D eigenvalue weighted by molar-refractivity contribution is -0.0906. The molecule has 3 aromatic carbocycles. The van der Waals surface area contributed by atoms with Crippen molar-refractivity contribution in [3.63, 3.8) is 0 Å². The van der Waals surface area contributed by atoms with Crippen molar-refractivity contribution in [3.8, 4) is 6.07 Å². The van der Waals surface area contributed by atoms with Gasteiger partial charge >= 0.3 is 0 Å². The Bertz CT molecular complexity index is 1380. The highest BCUT2D eigenvalue weighted by Crippen LogP contribution is 2.42. The SMILES string of the molecule is N#CC1(c2ccc3c(Cl)nc(Cl)nc3c2)OC(COCc2ccccc2)CC1OCc1ccccc1. The van der Waals surface area contributed by atoms with Crippen LogP contribution in [0.5, 0.6) is 0 Å². The first-order valence-electron chi connectivity index (χ1n) is 11.6. The van der Waals surface area contributed by atoms with Gasteiger partial charge in [-0.25, -0.2) is 9.97 Å². The zero-order valence-electron chi connectivity index (χ0n) is 19.3. The van der Waals surface area contributed by atoms with E-state index in [0.29, 0.717) is 42.7 Å². The van der Waals surface area contributed by atoms with Crippen LogP contribution in [-0.2, 0) is 33.0 Å². The molecule has 1 saturated heterocycles. The van der Waals surface area contributed by atoms with E-state index in [4.69, 9.17) is 37.4 Å². The highest BCUT2D eigenvalue weighted by Gasteiger charge is 2.52. The summed E-state index contributed by atoms with van der Waals surface area (Å²) >= 11 is 12.3. The van der Waals surface area contributed by atoms with Crippen LogP contribution >= 0.6 is 23.2 Å². The number of aromatic nitrogens is 2. The lowest BCUT2D eigenvalue weighted by atomic mass is 9.88. The Balaban J connectivity index is 1.42. The first-order valence-corrected chi connectivity index (χ1v) is 12.3. The van der Waals surface area contributed by atoms with Crippen molar-refractivity contribution in [1.29, 1.82) is 5.26 Å². The second kappa shape index (κ2) is 10.9. The van der Waals surface area contributed by atoms with Crippen molar-refractivity contribution in [1.82, 2.24) is 9.97 Å². The number of benzene rings is 3. The molecule has 2 heterocycles. The molecule has 1 aromatic heterocycles. The predicted octanol–water partition coefficient (Wildman–Crippen LogP) is 6.25. The van der Waals surface area contributed by atoms with Crippen LogP contribution in [0.25, 0.3) is 10.9 Å². The molecule has 0 radical (unpaired) electrons. The van der Waals surface area contributed by atoms with Gasteiger partial charge in [-0.1, -0.05) is 78.3 Å². The molecule has 0 aliphatic carbocycles. The molecule has 0 saturated carbocycles. The molecule has 0 amide bonds. The fourth-order valence-corrected chi connectivity index (χ4v) is 4.90. The molecular formula is C28H23Cl2N3O3. The topological polar surface area (TPSA) is 77.3 Å². The van der Waals surface area contributed by atoms with Crippen LogP contribution in [0.1, 0.15) is 23.1 Å². The van der Waals surface area contributed by atoms with Gasteiger partial charge in [0.15, 0.2) is 0 Å². The van der Waals surface area contributed by atoms with Gasteiger partial charge in [-0.05, 0) is 34.9 Å². The molecule has 3 unspecified atom stereocenters. The van der Waals surface area contributed by atoms with Crippen molar-refractivity contribution in [2.24, 2.45) is 0 Å².